The van der Waals surface area contributed by atoms with Crippen LogP contribution >= 0.6 is 11.3 Å². The van der Waals surface area contributed by atoms with Gasteiger partial charge in [0.25, 0.3) is 0 Å². The van der Waals surface area contributed by atoms with Crippen LogP contribution in [0.3, 0.4) is 0 Å². The fraction of sp³-hybridized carbons (Fsp3) is 0.214. The number of halogens is 1. The fourth-order valence-corrected chi connectivity index (χ4v) is 2.27. The molecule has 0 atom stereocenters. The fourth-order valence-electron chi connectivity index (χ4n) is 1.63. The summed E-state index contributed by atoms with van der Waals surface area (Å²) in [4.78, 5) is 5.34. The second-order valence-electron chi connectivity index (χ2n) is 3.95. The van der Waals surface area contributed by atoms with Gasteiger partial charge >= 0.3 is 0 Å². The summed E-state index contributed by atoms with van der Waals surface area (Å²) in [5, 5.41) is 8.32. The van der Waals surface area contributed by atoms with E-state index in [4.69, 9.17) is 0 Å². The lowest BCUT2D eigenvalue weighted by molar-refractivity contribution is 0.604. The van der Waals surface area contributed by atoms with Crippen molar-refractivity contribution in [2.24, 2.45) is 4.99 Å². The van der Waals surface area contributed by atoms with Crippen LogP contribution < -0.4 is 10.6 Å². The molecule has 1 aromatic carbocycles. The molecular formula is C14H16FN3S. The van der Waals surface area contributed by atoms with Gasteiger partial charge in [0.05, 0.1) is 6.54 Å². The molecule has 19 heavy (non-hydrogen) atoms. The van der Waals surface area contributed by atoms with Crippen molar-refractivity contribution in [3.63, 3.8) is 0 Å². The zero-order valence-corrected chi connectivity index (χ0v) is 11.5. The number of aliphatic imine (C=N–C) groups is 1. The first kappa shape index (κ1) is 13.5. The van der Waals surface area contributed by atoms with Crippen molar-refractivity contribution in [3.8, 4) is 0 Å². The van der Waals surface area contributed by atoms with Crippen LogP contribution in [0.15, 0.2) is 46.8 Å². The van der Waals surface area contributed by atoms with E-state index < -0.39 is 0 Å². The number of hydrogen-bond donors (Lipinski definition) is 2. The van der Waals surface area contributed by atoms with Crippen LogP contribution in [0.4, 0.5) is 4.39 Å². The van der Waals surface area contributed by atoms with Crippen molar-refractivity contribution >= 4 is 17.3 Å². The van der Waals surface area contributed by atoms with Gasteiger partial charge in [-0.05, 0) is 17.5 Å². The summed E-state index contributed by atoms with van der Waals surface area (Å²) in [6.07, 6.45) is 0. The van der Waals surface area contributed by atoms with E-state index in [1.54, 1.807) is 30.5 Å². The number of nitrogens with zero attached hydrogens (tertiary/aromatic N) is 1. The maximum Gasteiger partial charge on any atom is 0.191 e. The standard InChI is InChI=1S/C14H16FN3S/c1-16-14(18-10-12-6-4-8-19-12)17-9-11-5-2-3-7-13(11)15/h2-8H,9-10H2,1H3,(H2,16,17,18). The van der Waals surface area contributed by atoms with Gasteiger partial charge in [0.2, 0.25) is 0 Å². The maximum atomic E-state index is 13.5. The molecule has 0 fully saturated rings. The van der Waals surface area contributed by atoms with E-state index in [1.165, 1.54) is 10.9 Å². The zero-order valence-electron chi connectivity index (χ0n) is 10.7. The Morgan fingerprint density at radius 2 is 1.95 bits per heavy atom. The van der Waals surface area contributed by atoms with Gasteiger partial charge < -0.3 is 10.6 Å². The average Bonchev–Trinajstić information content (AvgIpc) is 2.94. The number of benzene rings is 1. The van der Waals surface area contributed by atoms with Gasteiger partial charge in [0.15, 0.2) is 5.96 Å². The van der Waals surface area contributed by atoms with Crippen molar-refractivity contribution in [3.05, 3.63) is 58.0 Å². The summed E-state index contributed by atoms with van der Waals surface area (Å²) in [5.41, 5.74) is 0.626. The molecule has 1 aromatic heterocycles. The number of thiophene rings is 1. The SMILES string of the molecule is CN=C(NCc1cccs1)NCc1ccccc1F. The largest absolute Gasteiger partial charge is 0.352 e. The second kappa shape index (κ2) is 6.89. The molecule has 3 nitrogen and oxygen atoms in total. The molecular weight excluding hydrogens is 261 g/mol. The molecule has 1 heterocycles. The molecule has 0 aliphatic rings. The lowest BCUT2D eigenvalue weighted by Gasteiger charge is -2.11. The normalized spacial score (nSPS) is 11.4. The quantitative estimate of drug-likeness (QED) is 0.666. The first-order valence-electron chi connectivity index (χ1n) is 6.00. The molecule has 0 radical (unpaired) electrons. The Morgan fingerprint density at radius 1 is 1.16 bits per heavy atom. The predicted molar refractivity (Wildman–Crippen MR) is 77.8 cm³/mol. The molecule has 2 rings (SSSR count). The minimum Gasteiger partial charge on any atom is -0.352 e. The Morgan fingerprint density at radius 3 is 2.63 bits per heavy atom. The summed E-state index contributed by atoms with van der Waals surface area (Å²) >= 11 is 1.69. The van der Waals surface area contributed by atoms with Gasteiger partial charge in [0.1, 0.15) is 5.82 Å². The summed E-state index contributed by atoms with van der Waals surface area (Å²) in [6, 6.07) is 10.8. The third kappa shape index (κ3) is 4.06. The summed E-state index contributed by atoms with van der Waals surface area (Å²) in [7, 11) is 1.70. The Balaban J connectivity index is 1.85. The summed E-state index contributed by atoms with van der Waals surface area (Å²) in [5.74, 6) is 0.459. The molecule has 0 amide bonds. The molecule has 0 bridgehead atoms. The van der Waals surface area contributed by atoms with Crippen LogP contribution in [0.25, 0.3) is 0 Å². The Labute approximate surface area is 116 Å². The number of rotatable bonds is 4. The van der Waals surface area contributed by atoms with Gasteiger partial charge in [-0.2, -0.15) is 0 Å². The smallest absolute Gasteiger partial charge is 0.191 e. The highest BCUT2D eigenvalue weighted by molar-refractivity contribution is 7.09. The third-order valence-corrected chi connectivity index (χ3v) is 3.51. The molecule has 2 aromatic rings. The van der Waals surface area contributed by atoms with Gasteiger partial charge in [-0.1, -0.05) is 24.3 Å². The van der Waals surface area contributed by atoms with E-state index in [0.29, 0.717) is 24.6 Å². The van der Waals surface area contributed by atoms with Crippen LogP contribution in [0.5, 0.6) is 0 Å². The van der Waals surface area contributed by atoms with E-state index in [0.717, 1.165) is 0 Å². The molecule has 0 saturated carbocycles. The highest BCUT2D eigenvalue weighted by Crippen LogP contribution is 2.07. The third-order valence-electron chi connectivity index (χ3n) is 2.64. The van der Waals surface area contributed by atoms with Gasteiger partial charge in [0, 0.05) is 24.0 Å². The van der Waals surface area contributed by atoms with Crippen molar-refractivity contribution in [1.82, 2.24) is 10.6 Å². The van der Waals surface area contributed by atoms with Gasteiger partial charge in [-0.3, -0.25) is 4.99 Å². The van der Waals surface area contributed by atoms with Gasteiger partial charge in [-0.25, -0.2) is 4.39 Å². The molecule has 100 valence electrons. The van der Waals surface area contributed by atoms with Crippen LogP contribution in [-0.4, -0.2) is 13.0 Å². The second-order valence-corrected chi connectivity index (χ2v) is 4.98. The van der Waals surface area contributed by atoms with E-state index in [-0.39, 0.29) is 5.82 Å². The van der Waals surface area contributed by atoms with Crippen LogP contribution in [0.2, 0.25) is 0 Å². The summed E-state index contributed by atoms with van der Waals surface area (Å²) < 4.78 is 13.5. The highest BCUT2D eigenvalue weighted by Gasteiger charge is 2.02. The lowest BCUT2D eigenvalue weighted by Crippen LogP contribution is -2.36. The van der Waals surface area contributed by atoms with E-state index in [2.05, 4.69) is 21.7 Å². The monoisotopic (exact) mass is 277 g/mol. The number of guanidine groups is 1. The lowest BCUT2D eigenvalue weighted by atomic mass is 10.2. The van der Waals surface area contributed by atoms with Crippen molar-refractivity contribution in [2.45, 2.75) is 13.1 Å². The van der Waals surface area contributed by atoms with Crippen molar-refractivity contribution in [2.75, 3.05) is 7.05 Å². The molecule has 2 N–H and O–H groups in total. The Kier molecular flexibility index (Phi) is 4.92. The van der Waals surface area contributed by atoms with E-state index in [9.17, 15) is 4.39 Å². The van der Waals surface area contributed by atoms with Crippen molar-refractivity contribution < 1.29 is 4.39 Å². The Bertz CT molecular complexity index is 537. The van der Waals surface area contributed by atoms with Crippen LogP contribution in [-0.2, 0) is 13.1 Å². The predicted octanol–water partition coefficient (Wildman–Crippen LogP) is 2.75. The summed E-state index contributed by atoms with van der Waals surface area (Å²) in [6.45, 7) is 1.13. The van der Waals surface area contributed by atoms with E-state index in [1.807, 2.05) is 17.5 Å². The van der Waals surface area contributed by atoms with Crippen molar-refractivity contribution in [1.29, 1.82) is 0 Å². The maximum absolute atomic E-state index is 13.5. The Hall–Kier alpha value is -1.88. The molecule has 0 spiro atoms. The van der Waals surface area contributed by atoms with Gasteiger partial charge in [-0.15, -0.1) is 11.3 Å². The first-order chi connectivity index (χ1) is 9.29. The average molecular weight is 277 g/mol. The molecule has 0 aliphatic heterocycles. The van der Waals surface area contributed by atoms with Crippen LogP contribution in [0, 0.1) is 5.82 Å². The topological polar surface area (TPSA) is 36.4 Å². The highest BCUT2D eigenvalue weighted by atomic mass is 32.1. The minimum atomic E-state index is -0.205. The molecule has 5 heteroatoms. The van der Waals surface area contributed by atoms with E-state index >= 15 is 0 Å². The first-order valence-corrected chi connectivity index (χ1v) is 6.88. The molecule has 0 unspecified atom stereocenters. The zero-order chi connectivity index (χ0) is 13.5. The molecule has 0 aliphatic carbocycles. The number of hydrogen-bond acceptors (Lipinski definition) is 2. The van der Waals surface area contributed by atoms with Crippen LogP contribution in [0.1, 0.15) is 10.4 Å². The number of nitrogens with one attached hydrogen (secondary N) is 2. The minimum absolute atomic E-state index is 0.205. The molecule has 0 saturated heterocycles.